The minimum atomic E-state index is -5.19. The van der Waals surface area contributed by atoms with Crippen molar-refractivity contribution in [2.75, 3.05) is 13.1 Å². The summed E-state index contributed by atoms with van der Waals surface area (Å²) in [6, 6.07) is 0.00674. The number of carbonyl (C=O) groups is 2. The first kappa shape index (κ1) is 19.4. The summed E-state index contributed by atoms with van der Waals surface area (Å²) >= 11 is 0. The van der Waals surface area contributed by atoms with Crippen LogP contribution >= 0.6 is 0 Å². The maximum atomic E-state index is 12.0. The molecule has 1 saturated heterocycles. The molecule has 0 radical (unpaired) electrons. The van der Waals surface area contributed by atoms with Gasteiger partial charge in [-0.1, -0.05) is 0 Å². The van der Waals surface area contributed by atoms with Gasteiger partial charge in [-0.25, -0.2) is 0 Å². The summed E-state index contributed by atoms with van der Waals surface area (Å²) in [5.74, 6) is 0.371. The smallest absolute Gasteiger partial charge is 0.471 e. The van der Waals surface area contributed by atoms with E-state index in [1.807, 2.05) is 0 Å². The first-order chi connectivity index (χ1) is 9.39. The van der Waals surface area contributed by atoms with E-state index in [1.54, 1.807) is 0 Å². The monoisotopic (exact) mass is 324 g/mol. The second kappa shape index (κ2) is 7.45. The molecule has 1 fully saturated rings. The van der Waals surface area contributed by atoms with E-state index in [-0.39, 0.29) is 19.1 Å². The first-order valence-corrected chi connectivity index (χ1v) is 5.50. The van der Waals surface area contributed by atoms with Crippen molar-refractivity contribution in [1.29, 1.82) is 0 Å². The summed E-state index contributed by atoms with van der Waals surface area (Å²) in [4.78, 5) is 20.4. The fourth-order valence-corrected chi connectivity index (χ4v) is 1.43. The summed E-state index contributed by atoms with van der Waals surface area (Å²) in [5, 5.41) is 8.78. The van der Waals surface area contributed by atoms with Crippen LogP contribution < -0.4 is 16.4 Å². The third-order valence-electron chi connectivity index (χ3n) is 2.49. The molecule has 0 saturated carbocycles. The van der Waals surface area contributed by atoms with Crippen LogP contribution in [0, 0.1) is 0 Å². The molecular weight excluding hydrogens is 312 g/mol. The molecular formula is C9H12F6N3O3-. The number of piperidine rings is 1. The van der Waals surface area contributed by atoms with Crippen molar-refractivity contribution < 1.29 is 41.0 Å². The van der Waals surface area contributed by atoms with Crippen LogP contribution in [0.3, 0.4) is 0 Å². The predicted molar refractivity (Wildman–Crippen MR) is 54.0 cm³/mol. The second-order valence-corrected chi connectivity index (χ2v) is 4.02. The number of nitrogens with zero attached hydrogens (tertiary/aromatic N) is 1. The summed E-state index contributed by atoms with van der Waals surface area (Å²) in [6.07, 6.45) is -9.04. The number of hydrogen-bond acceptors (Lipinski definition) is 5. The Morgan fingerprint density at radius 1 is 1.05 bits per heavy atom. The van der Waals surface area contributed by atoms with Gasteiger partial charge in [-0.15, -0.1) is 0 Å². The van der Waals surface area contributed by atoms with Gasteiger partial charge in [-0.2, -0.15) is 26.3 Å². The minimum Gasteiger partial charge on any atom is -0.542 e. The van der Waals surface area contributed by atoms with Crippen molar-refractivity contribution in [3.63, 3.8) is 0 Å². The van der Waals surface area contributed by atoms with Crippen LogP contribution in [0.25, 0.3) is 0 Å². The van der Waals surface area contributed by atoms with Crippen molar-refractivity contribution in [3.05, 3.63) is 0 Å². The number of rotatable bonds is 1. The Bertz CT molecular complexity index is 363. The average molecular weight is 324 g/mol. The molecule has 0 aromatic rings. The number of likely N-dealkylation sites (tertiary alicyclic amines) is 1. The van der Waals surface area contributed by atoms with E-state index < -0.39 is 24.2 Å². The van der Waals surface area contributed by atoms with Crippen molar-refractivity contribution in [1.82, 2.24) is 10.3 Å². The number of aliphatic carboxylic acids is 1. The lowest BCUT2D eigenvalue weighted by Gasteiger charge is -2.31. The Morgan fingerprint density at radius 3 is 1.67 bits per heavy atom. The molecule has 1 aliphatic rings. The van der Waals surface area contributed by atoms with Crippen LogP contribution in [0.5, 0.6) is 0 Å². The third kappa shape index (κ3) is 7.13. The summed E-state index contributed by atoms with van der Waals surface area (Å²) in [5.41, 5.74) is 2.48. The molecule has 0 atom stereocenters. The molecule has 12 heteroatoms. The zero-order chi connectivity index (χ0) is 16.8. The molecule has 1 aliphatic heterocycles. The number of hydrogen-bond donors (Lipinski definition) is 2. The van der Waals surface area contributed by atoms with Crippen LogP contribution in [0.15, 0.2) is 0 Å². The normalized spacial score (nSPS) is 17.0. The van der Waals surface area contributed by atoms with Gasteiger partial charge in [0.05, 0.1) is 0 Å². The number of carboxylic acids is 1. The van der Waals surface area contributed by atoms with E-state index in [0.29, 0.717) is 12.8 Å². The molecule has 0 spiro atoms. The van der Waals surface area contributed by atoms with E-state index in [1.165, 1.54) is 0 Å². The van der Waals surface area contributed by atoms with Crippen molar-refractivity contribution in [3.8, 4) is 0 Å². The van der Waals surface area contributed by atoms with Crippen LogP contribution in [-0.2, 0) is 9.59 Å². The summed E-state index contributed by atoms with van der Waals surface area (Å²) in [6.45, 7) is 0.209. The molecule has 1 heterocycles. The molecule has 3 N–H and O–H groups in total. The minimum absolute atomic E-state index is 0.00674. The predicted octanol–water partition coefficient (Wildman–Crippen LogP) is -0.698. The third-order valence-corrected chi connectivity index (χ3v) is 2.49. The Hall–Kier alpha value is -1.56. The van der Waals surface area contributed by atoms with Crippen molar-refractivity contribution >= 4 is 11.9 Å². The Labute approximate surface area is 114 Å². The lowest BCUT2D eigenvalue weighted by atomic mass is 10.1. The quantitative estimate of drug-likeness (QED) is 0.378. The number of halogens is 6. The zero-order valence-electron chi connectivity index (χ0n) is 10.4. The van der Waals surface area contributed by atoms with Gasteiger partial charge in [-0.3, -0.25) is 16.1 Å². The standard InChI is InChI=1S/C7H12F3N3O.C2HF3O2/c8-7(9,10)6(14)13-3-1-5(12-11)2-4-13;3-2(4,5)1(6)7/h5,12H,1-4,11H2;(H,6,7)/p-1. The highest BCUT2D eigenvalue weighted by Crippen LogP contribution is 2.21. The molecule has 124 valence electrons. The molecule has 0 bridgehead atoms. The lowest BCUT2D eigenvalue weighted by Crippen LogP contribution is -2.50. The van der Waals surface area contributed by atoms with E-state index in [4.69, 9.17) is 15.7 Å². The van der Waals surface area contributed by atoms with Gasteiger partial charge in [0.2, 0.25) is 0 Å². The number of hydrazine groups is 1. The number of carboxylic acid groups (broad SMARTS) is 1. The Kier molecular flexibility index (Phi) is 6.90. The van der Waals surface area contributed by atoms with E-state index >= 15 is 0 Å². The lowest BCUT2D eigenvalue weighted by molar-refractivity contribution is -0.344. The van der Waals surface area contributed by atoms with Crippen molar-refractivity contribution in [2.45, 2.75) is 31.2 Å². The Morgan fingerprint density at radius 2 is 1.43 bits per heavy atom. The first-order valence-electron chi connectivity index (χ1n) is 5.50. The number of alkyl halides is 6. The number of amides is 1. The van der Waals surface area contributed by atoms with Gasteiger partial charge in [0.15, 0.2) is 0 Å². The van der Waals surface area contributed by atoms with E-state index in [2.05, 4.69) is 5.43 Å². The Balaban J connectivity index is 0.000000486. The van der Waals surface area contributed by atoms with Gasteiger partial charge in [0.1, 0.15) is 5.97 Å². The molecule has 0 aromatic heterocycles. The van der Waals surface area contributed by atoms with Gasteiger partial charge < -0.3 is 14.8 Å². The largest absolute Gasteiger partial charge is 0.542 e. The molecule has 1 rings (SSSR count). The molecule has 6 nitrogen and oxygen atoms in total. The van der Waals surface area contributed by atoms with Gasteiger partial charge in [0.25, 0.3) is 0 Å². The van der Waals surface area contributed by atoms with Crippen LogP contribution in [0.2, 0.25) is 0 Å². The highest BCUT2D eigenvalue weighted by Gasteiger charge is 2.43. The van der Waals surface area contributed by atoms with Crippen molar-refractivity contribution in [2.24, 2.45) is 5.84 Å². The summed E-state index contributed by atoms with van der Waals surface area (Å²) in [7, 11) is 0. The molecule has 0 aromatic carbocycles. The molecule has 1 amide bonds. The number of carbonyl (C=O) groups excluding carboxylic acids is 2. The van der Waals surface area contributed by atoms with Crippen LogP contribution in [0.4, 0.5) is 26.3 Å². The highest BCUT2D eigenvalue weighted by atomic mass is 19.4. The summed E-state index contributed by atoms with van der Waals surface area (Å²) < 4.78 is 67.5. The van der Waals surface area contributed by atoms with Crippen LogP contribution in [0.1, 0.15) is 12.8 Å². The van der Waals surface area contributed by atoms with Gasteiger partial charge in [0, 0.05) is 19.1 Å². The maximum absolute atomic E-state index is 12.0. The SMILES string of the molecule is NNC1CCN(C(=O)C(F)(F)F)CC1.O=C([O-])C(F)(F)F. The van der Waals surface area contributed by atoms with E-state index in [9.17, 15) is 31.1 Å². The van der Waals surface area contributed by atoms with Gasteiger partial charge >= 0.3 is 18.3 Å². The average Bonchev–Trinajstić information content (AvgIpc) is 2.36. The molecule has 0 unspecified atom stereocenters. The topological polar surface area (TPSA) is 98.5 Å². The fourth-order valence-electron chi connectivity index (χ4n) is 1.43. The maximum Gasteiger partial charge on any atom is 0.471 e. The number of nitrogens with one attached hydrogen (secondary N) is 1. The zero-order valence-corrected chi connectivity index (χ0v) is 10.4. The number of nitrogens with two attached hydrogens (primary N) is 1. The second-order valence-electron chi connectivity index (χ2n) is 4.02. The fraction of sp³-hybridized carbons (Fsp3) is 0.778. The van der Waals surface area contributed by atoms with Crippen LogP contribution in [-0.4, -0.2) is 48.3 Å². The molecule has 21 heavy (non-hydrogen) atoms. The van der Waals surface area contributed by atoms with Gasteiger partial charge in [-0.05, 0) is 12.8 Å². The highest BCUT2D eigenvalue weighted by molar-refractivity contribution is 5.81. The molecule has 0 aliphatic carbocycles. The van der Waals surface area contributed by atoms with E-state index in [0.717, 1.165) is 4.90 Å².